The summed E-state index contributed by atoms with van der Waals surface area (Å²) >= 11 is 0. The molecule has 3 N–H and O–H groups in total. The van der Waals surface area contributed by atoms with Crippen LogP contribution in [0.15, 0.2) is 71.9 Å². The highest BCUT2D eigenvalue weighted by atomic mass is 15.1. The zero-order chi connectivity index (χ0) is 15.9. The minimum Gasteiger partial charge on any atom is -0.370 e. The van der Waals surface area contributed by atoms with Gasteiger partial charge >= 0.3 is 0 Å². The summed E-state index contributed by atoms with van der Waals surface area (Å²) in [5.74, 6) is 0.467. The molecule has 0 radical (unpaired) electrons. The summed E-state index contributed by atoms with van der Waals surface area (Å²) in [7, 11) is 0. The summed E-state index contributed by atoms with van der Waals surface area (Å²) in [5.41, 5.74) is 8.17. The average molecular weight is 304 g/mol. The molecule has 4 nitrogen and oxygen atoms in total. The monoisotopic (exact) mass is 304 g/mol. The largest absolute Gasteiger partial charge is 0.370 e. The van der Waals surface area contributed by atoms with E-state index in [4.69, 9.17) is 5.73 Å². The zero-order valence-electron chi connectivity index (χ0n) is 12.9. The number of fused-ring (bicyclic) bond motifs is 1. The number of guanidine groups is 1. The first kappa shape index (κ1) is 15.0. The predicted octanol–water partition coefficient (Wildman–Crippen LogP) is 2.88. The Kier molecular flexibility index (Phi) is 4.84. The summed E-state index contributed by atoms with van der Waals surface area (Å²) < 4.78 is 0. The van der Waals surface area contributed by atoms with Crippen LogP contribution in [0, 0.1) is 0 Å². The van der Waals surface area contributed by atoms with Gasteiger partial charge in [0.25, 0.3) is 0 Å². The smallest absolute Gasteiger partial charge is 0.188 e. The molecular formula is C19H20N4. The van der Waals surface area contributed by atoms with Crippen LogP contribution < -0.4 is 11.1 Å². The van der Waals surface area contributed by atoms with Crippen molar-refractivity contribution in [3.8, 4) is 0 Å². The van der Waals surface area contributed by atoms with E-state index in [1.807, 2.05) is 30.3 Å². The normalized spacial score (nSPS) is 11.6. The quantitative estimate of drug-likeness (QED) is 0.563. The topological polar surface area (TPSA) is 63.3 Å². The molecule has 4 heteroatoms. The average Bonchev–Trinajstić information content (AvgIpc) is 2.61. The van der Waals surface area contributed by atoms with Gasteiger partial charge in [-0.2, -0.15) is 0 Å². The maximum Gasteiger partial charge on any atom is 0.188 e. The van der Waals surface area contributed by atoms with E-state index in [9.17, 15) is 0 Å². The fourth-order valence-corrected chi connectivity index (χ4v) is 2.52. The minimum atomic E-state index is 0.467. The number of aliphatic imine (C=N–C) groups is 1. The molecule has 116 valence electrons. The van der Waals surface area contributed by atoms with Crippen LogP contribution >= 0.6 is 0 Å². The number of nitrogens with zero attached hydrogens (tertiary/aromatic N) is 2. The number of rotatable bonds is 5. The van der Waals surface area contributed by atoms with Gasteiger partial charge < -0.3 is 11.1 Å². The van der Waals surface area contributed by atoms with Crippen molar-refractivity contribution in [2.45, 2.75) is 13.0 Å². The maximum atomic E-state index is 5.95. The Labute approximate surface area is 136 Å². The third-order valence-corrected chi connectivity index (χ3v) is 3.71. The standard InChI is InChI=1S/C19H20N4/c20-19(22-13-11-17-9-3-4-12-21-17)23-14-16-8-5-7-15-6-1-2-10-18(15)16/h1-10,12H,11,13-14H2,(H3,20,22,23). The molecule has 0 bridgehead atoms. The van der Waals surface area contributed by atoms with E-state index >= 15 is 0 Å². The molecule has 3 rings (SSSR count). The van der Waals surface area contributed by atoms with Crippen LogP contribution in [0.3, 0.4) is 0 Å². The molecular weight excluding hydrogens is 284 g/mol. The van der Waals surface area contributed by atoms with E-state index in [-0.39, 0.29) is 0 Å². The van der Waals surface area contributed by atoms with Gasteiger partial charge in [0.05, 0.1) is 6.54 Å². The summed E-state index contributed by atoms with van der Waals surface area (Å²) in [6.07, 6.45) is 2.62. The molecule has 0 spiro atoms. The fraction of sp³-hybridized carbons (Fsp3) is 0.158. The van der Waals surface area contributed by atoms with Crippen LogP contribution in [0.4, 0.5) is 0 Å². The van der Waals surface area contributed by atoms with E-state index in [2.05, 4.69) is 45.6 Å². The van der Waals surface area contributed by atoms with Crippen molar-refractivity contribution in [1.29, 1.82) is 0 Å². The van der Waals surface area contributed by atoms with Crippen LogP contribution in [0.2, 0.25) is 0 Å². The summed E-state index contributed by atoms with van der Waals surface area (Å²) in [5, 5.41) is 5.58. The Morgan fingerprint density at radius 1 is 1.00 bits per heavy atom. The molecule has 0 aliphatic rings. The lowest BCUT2D eigenvalue weighted by Gasteiger charge is -2.07. The van der Waals surface area contributed by atoms with Crippen LogP contribution in [0.5, 0.6) is 0 Å². The Hall–Kier alpha value is -2.88. The lowest BCUT2D eigenvalue weighted by molar-refractivity contribution is 0.828. The van der Waals surface area contributed by atoms with Crippen LogP contribution in [0.1, 0.15) is 11.3 Å². The Morgan fingerprint density at radius 2 is 1.83 bits per heavy atom. The SMILES string of the molecule is NC(=NCc1cccc2ccccc12)NCCc1ccccn1. The van der Waals surface area contributed by atoms with Crippen molar-refractivity contribution in [3.05, 3.63) is 78.1 Å². The van der Waals surface area contributed by atoms with Gasteiger partial charge in [-0.15, -0.1) is 0 Å². The minimum absolute atomic E-state index is 0.467. The molecule has 1 aromatic heterocycles. The number of hydrogen-bond acceptors (Lipinski definition) is 2. The number of benzene rings is 2. The Bertz CT molecular complexity index is 791. The predicted molar refractivity (Wildman–Crippen MR) is 95.2 cm³/mol. The molecule has 0 aliphatic carbocycles. The number of nitrogens with one attached hydrogen (secondary N) is 1. The van der Waals surface area contributed by atoms with Crippen LogP contribution in [-0.2, 0) is 13.0 Å². The van der Waals surface area contributed by atoms with Crippen molar-refractivity contribution in [1.82, 2.24) is 10.3 Å². The van der Waals surface area contributed by atoms with Gasteiger partial charge in [-0.25, -0.2) is 4.99 Å². The third-order valence-electron chi connectivity index (χ3n) is 3.71. The first-order chi connectivity index (χ1) is 11.3. The lowest BCUT2D eigenvalue weighted by atomic mass is 10.1. The van der Waals surface area contributed by atoms with Gasteiger partial charge in [-0.1, -0.05) is 48.5 Å². The Balaban J connectivity index is 1.58. The molecule has 0 fully saturated rings. The molecule has 2 aromatic carbocycles. The molecule has 3 aromatic rings. The van der Waals surface area contributed by atoms with Crippen molar-refractivity contribution >= 4 is 16.7 Å². The second-order valence-electron chi connectivity index (χ2n) is 5.34. The van der Waals surface area contributed by atoms with E-state index in [0.29, 0.717) is 12.5 Å². The van der Waals surface area contributed by atoms with E-state index < -0.39 is 0 Å². The molecule has 0 unspecified atom stereocenters. The molecule has 23 heavy (non-hydrogen) atoms. The van der Waals surface area contributed by atoms with Gasteiger partial charge in [0, 0.05) is 24.9 Å². The van der Waals surface area contributed by atoms with Crippen LogP contribution in [-0.4, -0.2) is 17.5 Å². The van der Waals surface area contributed by atoms with Crippen molar-refractivity contribution in [3.63, 3.8) is 0 Å². The highest BCUT2D eigenvalue weighted by molar-refractivity contribution is 5.86. The van der Waals surface area contributed by atoms with Gasteiger partial charge in [0.2, 0.25) is 0 Å². The summed E-state index contributed by atoms with van der Waals surface area (Å²) in [4.78, 5) is 8.72. The van der Waals surface area contributed by atoms with Crippen molar-refractivity contribution in [2.24, 2.45) is 10.7 Å². The van der Waals surface area contributed by atoms with E-state index in [1.165, 1.54) is 16.3 Å². The fourth-order valence-electron chi connectivity index (χ4n) is 2.52. The van der Waals surface area contributed by atoms with E-state index in [0.717, 1.165) is 18.7 Å². The number of aromatic nitrogens is 1. The Morgan fingerprint density at radius 3 is 2.70 bits per heavy atom. The maximum absolute atomic E-state index is 5.95. The molecule has 1 heterocycles. The van der Waals surface area contributed by atoms with Gasteiger partial charge in [0.1, 0.15) is 0 Å². The molecule has 0 aliphatic heterocycles. The highest BCUT2D eigenvalue weighted by Crippen LogP contribution is 2.18. The molecule has 0 saturated heterocycles. The summed E-state index contributed by atoms with van der Waals surface area (Å²) in [6.45, 7) is 1.30. The van der Waals surface area contributed by atoms with E-state index in [1.54, 1.807) is 6.20 Å². The molecule has 0 saturated carbocycles. The second-order valence-corrected chi connectivity index (χ2v) is 5.34. The lowest BCUT2D eigenvalue weighted by Crippen LogP contribution is -2.33. The first-order valence-corrected chi connectivity index (χ1v) is 7.73. The second kappa shape index (κ2) is 7.40. The van der Waals surface area contributed by atoms with Gasteiger partial charge in [0.15, 0.2) is 5.96 Å². The number of pyridine rings is 1. The van der Waals surface area contributed by atoms with Crippen LogP contribution in [0.25, 0.3) is 10.8 Å². The number of hydrogen-bond donors (Lipinski definition) is 2. The van der Waals surface area contributed by atoms with Crippen molar-refractivity contribution in [2.75, 3.05) is 6.54 Å². The first-order valence-electron chi connectivity index (χ1n) is 7.73. The van der Waals surface area contributed by atoms with Gasteiger partial charge in [-0.05, 0) is 28.5 Å². The van der Waals surface area contributed by atoms with Gasteiger partial charge in [-0.3, -0.25) is 4.98 Å². The molecule has 0 atom stereocenters. The summed E-state index contributed by atoms with van der Waals surface area (Å²) in [6, 6.07) is 20.5. The van der Waals surface area contributed by atoms with Crippen molar-refractivity contribution < 1.29 is 0 Å². The third kappa shape index (κ3) is 4.07. The molecule has 0 amide bonds. The number of nitrogens with two attached hydrogens (primary N) is 1. The zero-order valence-corrected chi connectivity index (χ0v) is 12.9. The highest BCUT2D eigenvalue weighted by Gasteiger charge is 2.00.